The van der Waals surface area contributed by atoms with Crippen molar-refractivity contribution < 1.29 is 8.42 Å². The number of aromatic nitrogens is 3. The standard InChI is InChI=1S/C16H15ClN4O2S/c1-21-11-19-16(15(21)17)24(22,23)20-14(12-7-3-2-4-8-12)13-9-5-6-10-18-13/h2-11,14,20H,1H3/t14-/m1/s1. The van der Waals surface area contributed by atoms with E-state index in [0.29, 0.717) is 5.69 Å². The molecule has 0 radical (unpaired) electrons. The zero-order chi connectivity index (χ0) is 17.2. The summed E-state index contributed by atoms with van der Waals surface area (Å²) in [6.07, 6.45) is 2.97. The van der Waals surface area contributed by atoms with Crippen LogP contribution in [0.5, 0.6) is 0 Å². The molecule has 124 valence electrons. The van der Waals surface area contributed by atoms with E-state index in [0.717, 1.165) is 5.56 Å². The van der Waals surface area contributed by atoms with Crippen molar-refractivity contribution in [3.8, 4) is 0 Å². The number of hydrogen-bond donors (Lipinski definition) is 1. The molecule has 0 aliphatic carbocycles. The van der Waals surface area contributed by atoms with Crippen molar-refractivity contribution in [3.05, 3.63) is 77.5 Å². The van der Waals surface area contributed by atoms with Gasteiger partial charge in [-0.15, -0.1) is 0 Å². The van der Waals surface area contributed by atoms with E-state index in [1.807, 2.05) is 30.3 Å². The van der Waals surface area contributed by atoms with Crippen LogP contribution in [0.15, 0.2) is 66.1 Å². The number of rotatable bonds is 5. The lowest BCUT2D eigenvalue weighted by Gasteiger charge is -2.18. The molecule has 6 nitrogen and oxygen atoms in total. The van der Waals surface area contributed by atoms with Crippen LogP contribution in [0.3, 0.4) is 0 Å². The summed E-state index contributed by atoms with van der Waals surface area (Å²) in [6, 6.07) is 13.9. The van der Waals surface area contributed by atoms with Crippen molar-refractivity contribution in [2.45, 2.75) is 11.1 Å². The molecule has 1 atom stereocenters. The van der Waals surface area contributed by atoms with Gasteiger partial charge in [0.1, 0.15) is 5.15 Å². The summed E-state index contributed by atoms with van der Waals surface area (Å²) in [7, 11) is -2.29. The first kappa shape index (κ1) is 16.6. The van der Waals surface area contributed by atoms with Gasteiger partial charge >= 0.3 is 0 Å². The van der Waals surface area contributed by atoms with Gasteiger partial charge in [0.25, 0.3) is 10.0 Å². The topological polar surface area (TPSA) is 76.9 Å². The number of aryl methyl sites for hydroxylation is 1. The minimum Gasteiger partial charge on any atom is -0.324 e. The van der Waals surface area contributed by atoms with Gasteiger partial charge in [-0.3, -0.25) is 4.98 Å². The van der Waals surface area contributed by atoms with Crippen molar-refractivity contribution in [3.63, 3.8) is 0 Å². The predicted octanol–water partition coefficient (Wildman–Crippen LogP) is 2.54. The predicted molar refractivity (Wildman–Crippen MR) is 91.1 cm³/mol. The lowest BCUT2D eigenvalue weighted by Crippen LogP contribution is -2.30. The molecule has 0 saturated carbocycles. The second-order valence-corrected chi connectivity index (χ2v) is 7.16. The van der Waals surface area contributed by atoms with Crippen molar-refractivity contribution in [2.75, 3.05) is 0 Å². The summed E-state index contributed by atoms with van der Waals surface area (Å²) in [6.45, 7) is 0. The molecule has 0 bridgehead atoms. The molecule has 24 heavy (non-hydrogen) atoms. The first-order chi connectivity index (χ1) is 11.5. The Morgan fingerprint density at radius 2 is 1.79 bits per heavy atom. The number of benzene rings is 1. The number of nitrogens with one attached hydrogen (secondary N) is 1. The SMILES string of the molecule is Cn1cnc(S(=O)(=O)N[C@H](c2ccccc2)c2ccccn2)c1Cl. The van der Waals surface area contributed by atoms with E-state index >= 15 is 0 Å². The van der Waals surface area contributed by atoms with Crippen LogP contribution in [0.1, 0.15) is 17.3 Å². The first-order valence-corrected chi connectivity index (χ1v) is 9.00. The number of halogens is 1. The van der Waals surface area contributed by atoms with Crippen LogP contribution in [0.25, 0.3) is 0 Å². The molecule has 0 aliphatic heterocycles. The van der Waals surface area contributed by atoms with Crippen molar-refractivity contribution in [2.24, 2.45) is 7.05 Å². The van der Waals surface area contributed by atoms with Gasteiger partial charge in [0.2, 0.25) is 5.03 Å². The van der Waals surface area contributed by atoms with E-state index in [9.17, 15) is 8.42 Å². The monoisotopic (exact) mass is 362 g/mol. The van der Waals surface area contributed by atoms with Gasteiger partial charge in [0, 0.05) is 13.2 Å². The number of pyridine rings is 1. The van der Waals surface area contributed by atoms with Gasteiger partial charge in [0.05, 0.1) is 18.1 Å². The smallest absolute Gasteiger partial charge is 0.262 e. The van der Waals surface area contributed by atoms with Gasteiger partial charge in [0.15, 0.2) is 0 Å². The summed E-state index contributed by atoms with van der Waals surface area (Å²) >= 11 is 6.03. The molecule has 0 amide bonds. The molecule has 0 aliphatic rings. The Morgan fingerprint density at radius 1 is 1.08 bits per heavy atom. The summed E-state index contributed by atoms with van der Waals surface area (Å²) in [5.41, 5.74) is 1.35. The molecule has 1 aromatic carbocycles. The van der Waals surface area contributed by atoms with Crippen molar-refractivity contribution in [1.29, 1.82) is 0 Å². The average Bonchev–Trinajstić information content (AvgIpc) is 2.94. The highest BCUT2D eigenvalue weighted by Crippen LogP contribution is 2.25. The minimum absolute atomic E-state index is 0.0512. The number of sulfonamides is 1. The van der Waals surface area contributed by atoms with Crippen LogP contribution in [0.4, 0.5) is 0 Å². The number of imidazole rings is 1. The summed E-state index contributed by atoms with van der Waals surface area (Å²) in [4.78, 5) is 8.16. The van der Waals surface area contributed by atoms with E-state index in [1.54, 1.807) is 31.4 Å². The highest BCUT2D eigenvalue weighted by atomic mass is 35.5. The molecule has 8 heteroatoms. The molecule has 0 unspecified atom stereocenters. The van der Waals surface area contributed by atoms with E-state index in [4.69, 9.17) is 11.6 Å². The maximum atomic E-state index is 12.7. The lowest BCUT2D eigenvalue weighted by molar-refractivity contribution is 0.567. The van der Waals surface area contributed by atoms with Gasteiger partial charge in [-0.2, -0.15) is 4.72 Å². The summed E-state index contributed by atoms with van der Waals surface area (Å²) < 4.78 is 29.5. The zero-order valence-electron chi connectivity index (χ0n) is 12.8. The molecule has 2 heterocycles. The Hall–Kier alpha value is -2.22. The Kier molecular flexibility index (Phi) is 4.66. The van der Waals surface area contributed by atoms with Gasteiger partial charge in [-0.1, -0.05) is 48.0 Å². The third-order valence-electron chi connectivity index (χ3n) is 3.48. The quantitative estimate of drug-likeness (QED) is 0.756. The van der Waals surface area contributed by atoms with Crippen LogP contribution < -0.4 is 4.72 Å². The van der Waals surface area contributed by atoms with E-state index in [2.05, 4.69) is 14.7 Å². The normalized spacial score (nSPS) is 12.9. The fourth-order valence-corrected chi connectivity index (χ4v) is 3.90. The van der Waals surface area contributed by atoms with Crippen LogP contribution in [-0.4, -0.2) is 23.0 Å². The number of hydrogen-bond acceptors (Lipinski definition) is 4. The molecule has 2 aromatic heterocycles. The second-order valence-electron chi connectivity index (χ2n) is 5.17. The average molecular weight is 363 g/mol. The molecular weight excluding hydrogens is 348 g/mol. The van der Waals surface area contributed by atoms with Gasteiger partial charge in [-0.05, 0) is 17.7 Å². The lowest BCUT2D eigenvalue weighted by atomic mass is 10.0. The van der Waals surface area contributed by atoms with Crippen LogP contribution >= 0.6 is 11.6 Å². The first-order valence-electron chi connectivity index (χ1n) is 7.14. The molecule has 3 aromatic rings. The Morgan fingerprint density at radius 3 is 2.38 bits per heavy atom. The highest BCUT2D eigenvalue weighted by molar-refractivity contribution is 7.89. The van der Waals surface area contributed by atoms with E-state index in [1.165, 1.54) is 10.9 Å². The molecule has 3 rings (SSSR count). The number of nitrogens with zero attached hydrogens (tertiary/aromatic N) is 3. The van der Waals surface area contributed by atoms with E-state index < -0.39 is 16.1 Å². The largest absolute Gasteiger partial charge is 0.324 e. The summed E-state index contributed by atoms with van der Waals surface area (Å²) in [5.74, 6) is 0. The van der Waals surface area contributed by atoms with Gasteiger partial charge < -0.3 is 4.57 Å². The maximum absolute atomic E-state index is 12.7. The van der Waals surface area contributed by atoms with Crippen molar-refractivity contribution in [1.82, 2.24) is 19.3 Å². The molecule has 1 N–H and O–H groups in total. The molecule has 0 saturated heterocycles. The van der Waals surface area contributed by atoms with Crippen molar-refractivity contribution >= 4 is 21.6 Å². The fraction of sp³-hybridized carbons (Fsp3) is 0.125. The Bertz CT molecular complexity index is 888. The summed E-state index contributed by atoms with van der Waals surface area (Å²) in [5, 5.41) is -0.154. The van der Waals surface area contributed by atoms with Crippen LogP contribution in [-0.2, 0) is 17.1 Å². The molecule has 0 spiro atoms. The Balaban J connectivity index is 2.03. The maximum Gasteiger partial charge on any atom is 0.262 e. The molecular formula is C16H15ClN4O2S. The minimum atomic E-state index is -3.92. The highest BCUT2D eigenvalue weighted by Gasteiger charge is 2.28. The van der Waals surface area contributed by atoms with E-state index in [-0.39, 0.29) is 10.2 Å². The third kappa shape index (κ3) is 3.33. The fourth-order valence-electron chi connectivity index (χ4n) is 2.28. The molecule has 0 fully saturated rings. The second kappa shape index (κ2) is 6.72. The Labute approximate surface area is 145 Å². The van der Waals surface area contributed by atoms with Crippen LogP contribution in [0, 0.1) is 0 Å². The van der Waals surface area contributed by atoms with Crippen LogP contribution in [0.2, 0.25) is 5.15 Å². The zero-order valence-corrected chi connectivity index (χ0v) is 14.4. The van der Waals surface area contributed by atoms with Gasteiger partial charge in [-0.25, -0.2) is 13.4 Å². The third-order valence-corrected chi connectivity index (χ3v) is 5.39.